The van der Waals surface area contributed by atoms with E-state index in [-0.39, 0.29) is 0 Å². The van der Waals surface area contributed by atoms with Gasteiger partial charge in [-0.3, -0.25) is 0 Å². The lowest BCUT2D eigenvalue weighted by molar-refractivity contribution is 0.432. The van der Waals surface area contributed by atoms with Gasteiger partial charge in [-0.1, -0.05) is 33.2 Å². The van der Waals surface area contributed by atoms with Crippen molar-refractivity contribution in [3.05, 3.63) is 52.0 Å². The molecule has 21 heavy (non-hydrogen) atoms. The van der Waals surface area contributed by atoms with Gasteiger partial charge in [0.05, 0.1) is 5.56 Å². The van der Waals surface area contributed by atoms with Crippen molar-refractivity contribution in [2.45, 2.75) is 13.8 Å². The molecule has 0 aliphatic rings. The lowest BCUT2D eigenvalue weighted by atomic mass is 10.1. The quantitative estimate of drug-likeness (QED) is 0.702. The van der Waals surface area contributed by atoms with E-state index in [1.54, 1.807) is 0 Å². The lowest BCUT2D eigenvalue weighted by Gasteiger charge is -2.03. The highest BCUT2D eigenvalue weighted by molar-refractivity contribution is 9.10. The minimum atomic E-state index is 0.447. The Morgan fingerprint density at radius 3 is 2.62 bits per heavy atom. The first-order chi connectivity index (χ1) is 10.1. The van der Waals surface area contributed by atoms with E-state index in [0.29, 0.717) is 17.4 Å². The SMILES string of the molecule is Cc1cc(Br)ccc1-c1noc(-c2c(C)cccc2N)n1. The Balaban J connectivity index is 2.08. The van der Waals surface area contributed by atoms with Crippen LogP contribution < -0.4 is 5.73 Å². The van der Waals surface area contributed by atoms with E-state index in [4.69, 9.17) is 10.3 Å². The number of aryl methyl sites for hydroxylation is 2. The van der Waals surface area contributed by atoms with E-state index in [1.165, 1.54) is 0 Å². The second-order valence-electron chi connectivity index (χ2n) is 4.92. The number of halogens is 1. The van der Waals surface area contributed by atoms with Crippen LogP contribution in [-0.4, -0.2) is 10.1 Å². The largest absolute Gasteiger partial charge is 0.398 e. The summed E-state index contributed by atoms with van der Waals surface area (Å²) >= 11 is 3.45. The molecule has 1 heterocycles. The van der Waals surface area contributed by atoms with Crippen molar-refractivity contribution in [2.24, 2.45) is 0 Å². The van der Waals surface area contributed by atoms with E-state index >= 15 is 0 Å². The summed E-state index contributed by atoms with van der Waals surface area (Å²) in [4.78, 5) is 4.49. The van der Waals surface area contributed by atoms with Crippen molar-refractivity contribution in [3.8, 4) is 22.8 Å². The number of hydrogen-bond donors (Lipinski definition) is 1. The number of benzene rings is 2. The Labute approximate surface area is 131 Å². The molecule has 2 N–H and O–H groups in total. The Morgan fingerprint density at radius 2 is 1.90 bits per heavy atom. The Bertz CT molecular complexity index is 791. The van der Waals surface area contributed by atoms with Crippen LogP contribution in [0.5, 0.6) is 0 Å². The predicted molar refractivity (Wildman–Crippen MR) is 86.8 cm³/mol. The average molecular weight is 344 g/mol. The molecule has 5 heteroatoms. The number of hydrogen-bond acceptors (Lipinski definition) is 4. The number of nitrogens with zero attached hydrogens (tertiary/aromatic N) is 2. The highest BCUT2D eigenvalue weighted by Crippen LogP contribution is 2.31. The first-order valence-electron chi connectivity index (χ1n) is 6.52. The molecule has 3 aromatic rings. The summed E-state index contributed by atoms with van der Waals surface area (Å²) < 4.78 is 6.42. The van der Waals surface area contributed by atoms with Crippen LogP contribution in [0.1, 0.15) is 11.1 Å². The van der Waals surface area contributed by atoms with E-state index in [1.807, 2.05) is 50.2 Å². The minimum Gasteiger partial charge on any atom is -0.398 e. The smallest absolute Gasteiger partial charge is 0.260 e. The number of nitrogens with two attached hydrogens (primary N) is 1. The fraction of sp³-hybridized carbons (Fsp3) is 0.125. The third-order valence-electron chi connectivity index (χ3n) is 3.37. The van der Waals surface area contributed by atoms with Gasteiger partial charge in [0.2, 0.25) is 5.82 Å². The van der Waals surface area contributed by atoms with Gasteiger partial charge >= 0.3 is 0 Å². The van der Waals surface area contributed by atoms with Crippen molar-refractivity contribution in [1.82, 2.24) is 10.1 Å². The molecule has 4 nitrogen and oxygen atoms in total. The molecule has 106 valence electrons. The maximum absolute atomic E-state index is 6.02. The number of anilines is 1. The molecule has 0 aliphatic carbocycles. The van der Waals surface area contributed by atoms with E-state index < -0.39 is 0 Å². The van der Waals surface area contributed by atoms with Crippen LogP contribution in [0.15, 0.2) is 45.4 Å². The highest BCUT2D eigenvalue weighted by Gasteiger charge is 2.16. The topological polar surface area (TPSA) is 64.9 Å². The van der Waals surface area contributed by atoms with Crippen LogP contribution in [0.2, 0.25) is 0 Å². The third-order valence-corrected chi connectivity index (χ3v) is 3.87. The molecular weight excluding hydrogens is 330 g/mol. The summed E-state index contributed by atoms with van der Waals surface area (Å²) in [6.45, 7) is 3.98. The Hall–Kier alpha value is -2.14. The molecule has 0 fully saturated rings. The standard InChI is InChI=1S/C16H14BrN3O/c1-9-4-3-5-13(18)14(9)16-19-15(20-21-16)12-7-6-11(17)8-10(12)2/h3-8H,18H2,1-2H3. The van der Waals surface area contributed by atoms with Crippen LogP contribution in [0.25, 0.3) is 22.8 Å². The molecule has 0 saturated carbocycles. The minimum absolute atomic E-state index is 0.447. The second-order valence-corrected chi connectivity index (χ2v) is 5.84. The van der Waals surface area contributed by atoms with E-state index in [2.05, 4.69) is 26.1 Å². The van der Waals surface area contributed by atoms with Crippen molar-refractivity contribution in [2.75, 3.05) is 5.73 Å². The van der Waals surface area contributed by atoms with Crippen molar-refractivity contribution >= 4 is 21.6 Å². The summed E-state index contributed by atoms with van der Waals surface area (Å²) in [5.41, 5.74) is 10.5. The summed E-state index contributed by atoms with van der Waals surface area (Å²) in [5, 5.41) is 4.08. The summed E-state index contributed by atoms with van der Waals surface area (Å²) in [6, 6.07) is 11.7. The molecule has 1 aromatic heterocycles. The first-order valence-corrected chi connectivity index (χ1v) is 7.31. The van der Waals surface area contributed by atoms with E-state index in [0.717, 1.165) is 26.7 Å². The Morgan fingerprint density at radius 1 is 1.10 bits per heavy atom. The molecule has 0 radical (unpaired) electrons. The maximum atomic E-state index is 6.02. The molecule has 0 bridgehead atoms. The fourth-order valence-electron chi connectivity index (χ4n) is 2.29. The molecular formula is C16H14BrN3O. The normalized spacial score (nSPS) is 10.8. The van der Waals surface area contributed by atoms with Gasteiger partial charge in [-0.15, -0.1) is 0 Å². The first kappa shape index (κ1) is 13.8. The highest BCUT2D eigenvalue weighted by atomic mass is 79.9. The molecule has 0 amide bonds. The van der Waals surface area contributed by atoms with Crippen LogP contribution >= 0.6 is 15.9 Å². The summed E-state index contributed by atoms with van der Waals surface area (Å²) in [6.07, 6.45) is 0. The van der Waals surface area contributed by atoms with Crippen LogP contribution in [0, 0.1) is 13.8 Å². The van der Waals surface area contributed by atoms with Crippen molar-refractivity contribution in [3.63, 3.8) is 0 Å². The second kappa shape index (κ2) is 5.33. The summed E-state index contributed by atoms with van der Waals surface area (Å²) in [5.74, 6) is 1.01. The third kappa shape index (κ3) is 2.56. The van der Waals surface area contributed by atoms with Crippen LogP contribution in [0.3, 0.4) is 0 Å². The van der Waals surface area contributed by atoms with Gasteiger partial charge in [0.15, 0.2) is 0 Å². The zero-order valence-electron chi connectivity index (χ0n) is 11.7. The molecule has 0 saturated heterocycles. The predicted octanol–water partition coefficient (Wildman–Crippen LogP) is 4.37. The molecule has 2 aromatic carbocycles. The molecule has 0 aliphatic heterocycles. The van der Waals surface area contributed by atoms with Crippen LogP contribution in [-0.2, 0) is 0 Å². The van der Waals surface area contributed by atoms with Gasteiger partial charge in [0.1, 0.15) is 0 Å². The maximum Gasteiger partial charge on any atom is 0.260 e. The number of nitrogen functional groups attached to an aromatic ring is 1. The van der Waals surface area contributed by atoms with Crippen LogP contribution in [0.4, 0.5) is 5.69 Å². The van der Waals surface area contributed by atoms with Gasteiger partial charge < -0.3 is 10.3 Å². The number of aromatic nitrogens is 2. The Kier molecular flexibility index (Phi) is 3.51. The monoisotopic (exact) mass is 343 g/mol. The molecule has 0 spiro atoms. The van der Waals surface area contributed by atoms with Gasteiger partial charge in [-0.05, 0) is 49.2 Å². The van der Waals surface area contributed by atoms with Gasteiger partial charge in [0, 0.05) is 15.7 Å². The average Bonchev–Trinajstić information content (AvgIpc) is 2.87. The molecule has 3 rings (SSSR count). The van der Waals surface area contributed by atoms with Gasteiger partial charge in [-0.25, -0.2) is 0 Å². The zero-order chi connectivity index (χ0) is 15.0. The number of rotatable bonds is 2. The lowest BCUT2D eigenvalue weighted by Crippen LogP contribution is -1.93. The van der Waals surface area contributed by atoms with Crippen molar-refractivity contribution < 1.29 is 4.52 Å². The van der Waals surface area contributed by atoms with Gasteiger partial charge in [0.25, 0.3) is 5.89 Å². The van der Waals surface area contributed by atoms with E-state index in [9.17, 15) is 0 Å². The molecule has 0 atom stereocenters. The fourth-order valence-corrected chi connectivity index (χ4v) is 2.77. The zero-order valence-corrected chi connectivity index (χ0v) is 13.3. The van der Waals surface area contributed by atoms with Gasteiger partial charge in [-0.2, -0.15) is 4.98 Å². The molecule has 0 unspecified atom stereocenters. The van der Waals surface area contributed by atoms with Crippen molar-refractivity contribution in [1.29, 1.82) is 0 Å². The summed E-state index contributed by atoms with van der Waals surface area (Å²) in [7, 11) is 0.